The van der Waals surface area contributed by atoms with Crippen LogP contribution in [-0.4, -0.2) is 43.7 Å². The minimum atomic E-state index is 0.749. The zero-order chi connectivity index (χ0) is 17.3. The maximum Gasteiger partial charge on any atom is 0.0346 e. The topological polar surface area (TPSA) is 27.3 Å². The highest BCUT2D eigenvalue weighted by molar-refractivity contribution is 7.19. The van der Waals surface area contributed by atoms with Gasteiger partial charge in [-0.2, -0.15) is 0 Å². The van der Waals surface area contributed by atoms with Crippen LogP contribution in [0.5, 0.6) is 0 Å². The Hall–Kier alpha value is -0.940. The van der Waals surface area contributed by atoms with E-state index in [1.165, 1.54) is 66.8 Å². The zero-order valence-electron chi connectivity index (χ0n) is 15.6. The Morgan fingerprint density at radius 3 is 2.81 bits per heavy atom. The lowest BCUT2D eigenvalue weighted by Crippen LogP contribution is -2.46. The summed E-state index contributed by atoms with van der Waals surface area (Å²) in [7, 11) is 0. The van der Waals surface area contributed by atoms with Crippen molar-refractivity contribution in [1.29, 1.82) is 0 Å². The third-order valence-electron chi connectivity index (χ3n) is 7.03. The van der Waals surface area contributed by atoms with Gasteiger partial charge in [0.2, 0.25) is 0 Å². The molecule has 2 bridgehead atoms. The van der Waals surface area contributed by atoms with Crippen molar-refractivity contribution in [2.45, 2.75) is 38.3 Å². The first-order chi connectivity index (χ1) is 12.9. The fraction of sp³-hybridized carbons (Fsp3) is 0.636. The molecule has 3 atom stereocenters. The highest BCUT2D eigenvalue weighted by Crippen LogP contribution is 2.40. The number of benzene rings is 1. The van der Waals surface area contributed by atoms with Crippen LogP contribution in [0.2, 0.25) is 0 Å². The van der Waals surface area contributed by atoms with Gasteiger partial charge in [-0.05, 0) is 80.6 Å². The molecule has 3 fully saturated rings. The fourth-order valence-electron chi connectivity index (χ4n) is 5.62. The second-order valence-corrected chi connectivity index (χ2v) is 9.76. The highest BCUT2D eigenvalue weighted by Gasteiger charge is 2.40. The maximum absolute atomic E-state index is 3.77. The normalized spacial score (nSPS) is 31.8. The standard InChI is InChI=1S/C22H31N3S/c1-2-6-22-16(4-1)10-20(26-22)14-24-13-19-5-3-9-25(19)15-21-17-7-8-18(21)12-23-11-17/h1-2,4,6,10,17-19,21,23-24H,3,5,7-9,11-15H2. The Balaban J connectivity index is 1.15. The lowest BCUT2D eigenvalue weighted by molar-refractivity contribution is 0.142. The summed E-state index contributed by atoms with van der Waals surface area (Å²) < 4.78 is 1.41. The van der Waals surface area contributed by atoms with E-state index in [9.17, 15) is 0 Å². The van der Waals surface area contributed by atoms with Crippen LogP contribution in [0.4, 0.5) is 0 Å². The summed E-state index contributed by atoms with van der Waals surface area (Å²) in [6.45, 7) is 7.37. The summed E-state index contributed by atoms with van der Waals surface area (Å²) in [5.74, 6) is 2.85. The summed E-state index contributed by atoms with van der Waals surface area (Å²) in [5.41, 5.74) is 0. The Morgan fingerprint density at radius 1 is 1.12 bits per heavy atom. The number of nitrogens with zero attached hydrogens (tertiary/aromatic N) is 1. The van der Waals surface area contributed by atoms with Crippen LogP contribution in [0.1, 0.15) is 30.6 Å². The zero-order valence-corrected chi connectivity index (χ0v) is 16.4. The number of hydrogen-bond donors (Lipinski definition) is 2. The summed E-state index contributed by atoms with van der Waals surface area (Å²) >= 11 is 1.93. The van der Waals surface area contributed by atoms with Crippen LogP contribution in [-0.2, 0) is 6.54 Å². The van der Waals surface area contributed by atoms with Crippen molar-refractivity contribution in [1.82, 2.24) is 15.5 Å². The molecule has 1 aromatic carbocycles. The van der Waals surface area contributed by atoms with E-state index < -0.39 is 0 Å². The van der Waals surface area contributed by atoms with Gasteiger partial charge in [0.25, 0.3) is 0 Å². The molecule has 3 aliphatic rings. The van der Waals surface area contributed by atoms with E-state index in [1.54, 1.807) is 0 Å². The third kappa shape index (κ3) is 3.45. The Labute approximate surface area is 161 Å². The Kier molecular flexibility index (Phi) is 5.01. The monoisotopic (exact) mass is 369 g/mol. The molecule has 0 spiro atoms. The van der Waals surface area contributed by atoms with Crippen molar-refractivity contribution in [3.8, 4) is 0 Å². The molecule has 2 aliphatic heterocycles. The number of piperidine rings is 1. The molecule has 2 aromatic rings. The molecule has 5 rings (SSSR count). The van der Waals surface area contributed by atoms with E-state index in [2.05, 4.69) is 45.9 Å². The second-order valence-electron chi connectivity index (χ2n) is 8.59. The van der Waals surface area contributed by atoms with Gasteiger partial charge < -0.3 is 10.6 Å². The minimum absolute atomic E-state index is 0.749. The predicted molar refractivity (Wildman–Crippen MR) is 111 cm³/mol. The van der Waals surface area contributed by atoms with Gasteiger partial charge in [-0.3, -0.25) is 4.90 Å². The van der Waals surface area contributed by atoms with Gasteiger partial charge in [0, 0.05) is 35.3 Å². The SMILES string of the molecule is c1ccc2sc(CNCC3CCCN3CC3C4CCC3CNC4)cc2c1. The van der Waals surface area contributed by atoms with Gasteiger partial charge in [0.15, 0.2) is 0 Å². The second kappa shape index (κ2) is 7.59. The van der Waals surface area contributed by atoms with Crippen LogP contribution < -0.4 is 10.6 Å². The van der Waals surface area contributed by atoms with Crippen LogP contribution in [0.3, 0.4) is 0 Å². The van der Waals surface area contributed by atoms with E-state index in [0.29, 0.717) is 0 Å². The van der Waals surface area contributed by atoms with Gasteiger partial charge >= 0.3 is 0 Å². The summed E-state index contributed by atoms with van der Waals surface area (Å²) in [6.07, 6.45) is 5.69. The molecule has 3 heterocycles. The molecule has 0 amide bonds. The number of rotatable bonds is 6. The molecule has 1 aromatic heterocycles. The molecule has 3 unspecified atom stereocenters. The first-order valence-electron chi connectivity index (χ1n) is 10.5. The van der Waals surface area contributed by atoms with Crippen LogP contribution in [0, 0.1) is 17.8 Å². The van der Waals surface area contributed by atoms with Crippen molar-refractivity contribution < 1.29 is 0 Å². The summed E-state index contributed by atoms with van der Waals surface area (Å²) in [6, 6.07) is 11.8. The molecule has 2 saturated heterocycles. The number of fused-ring (bicyclic) bond motifs is 3. The molecule has 2 N–H and O–H groups in total. The lowest BCUT2D eigenvalue weighted by atomic mass is 9.85. The van der Waals surface area contributed by atoms with Crippen molar-refractivity contribution in [2.75, 3.05) is 32.7 Å². The van der Waals surface area contributed by atoms with Gasteiger partial charge in [-0.15, -0.1) is 11.3 Å². The van der Waals surface area contributed by atoms with Crippen molar-refractivity contribution >= 4 is 21.4 Å². The molecule has 4 heteroatoms. The fourth-order valence-corrected chi connectivity index (χ4v) is 6.66. The van der Waals surface area contributed by atoms with E-state index in [4.69, 9.17) is 0 Å². The van der Waals surface area contributed by atoms with Gasteiger partial charge in [-0.25, -0.2) is 0 Å². The average Bonchev–Trinajstić information content (AvgIpc) is 3.32. The average molecular weight is 370 g/mol. The molecular weight excluding hydrogens is 338 g/mol. The quantitative estimate of drug-likeness (QED) is 0.813. The minimum Gasteiger partial charge on any atom is -0.316 e. The molecular formula is C22H31N3S. The third-order valence-corrected chi connectivity index (χ3v) is 8.15. The number of thiophene rings is 1. The predicted octanol–water partition coefficient (Wildman–Crippen LogP) is 3.70. The van der Waals surface area contributed by atoms with Crippen LogP contribution >= 0.6 is 11.3 Å². The summed E-state index contributed by atoms with van der Waals surface area (Å²) in [4.78, 5) is 4.28. The largest absolute Gasteiger partial charge is 0.316 e. The van der Waals surface area contributed by atoms with Crippen molar-refractivity contribution in [3.05, 3.63) is 35.2 Å². The molecule has 26 heavy (non-hydrogen) atoms. The Morgan fingerprint density at radius 2 is 1.96 bits per heavy atom. The van der Waals surface area contributed by atoms with E-state index in [1.807, 2.05) is 11.3 Å². The maximum atomic E-state index is 3.77. The molecule has 1 saturated carbocycles. The first-order valence-corrected chi connectivity index (χ1v) is 11.3. The molecule has 140 valence electrons. The van der Waals surface area contributed by atoms with Crippen molar-refractivity contribution in [3.63, 3.8) is 0 Å². The smallest absolute Gasteiger partial charge is 0.0346 e. The van der Waals surface area contributed by atoms with Gasteiger partial charge in [-0.1, -0.05) is 18.2 Å². The van der Waals surface area contributed by atoms with Crippen molar-refractivity contribution in [2.24, 2.45) is 17.8 Å². The molecule has 0 radical (unpaired) electrons. The van der Waals surface area contributed by atoms with E-state index >= 15 is 0 Å². The van der Waals surface area contributed by atoms with Crippen LogP contribution in [0.15, 0.2) is 30.3 Å². The van der Waals surface area contributed by atoms with Gasteiger partial charge in [0.1, 0.15) is 0 Å². The molecule has 3 nitrogen and oxygen atoms in total. The lowest BCUT2D eigenvalue weighted by Gasteiger charge is -2.36. The number of hydrogen-bond acceptors (Lipinski definition) is 4. The summed E-state index contributed by atoms with van der Waals surface area (Å²) in [5, 5.41) is 8.80. The van der Waals surface area contributed by atoms with Gasteiger partial charge in [0.05, 0.1) is 0 Å². The molecule has 1 aliphatic carbocycles. The highest BCUT2D eigenvalue weighted by atomic mass is 32.1. The van der Waals surface area contributed by atoms with Crippen LogP contribution in [0.25, 0.3) is 10.1 Å². The first kappa shape index (κ1) is 17.2. The van der Waals surface area contributed by atoms with E-state index in [-0.39, 0.29) is 0 Å². The Bertz CT molecular complexity index is 693. The number of nitrogens with one attached hydrogen (secondary N) is 2. The number of likely N-dealkylation sites (tertiary alicyclic amines) is 1. The van der Waals surface area contributed by atoms with E-state index in [0.717, 1.165) is 36.9 Å².